The van der Waals surface area contributed by atoms with E-state index in [1.54, 1.807) is 24.3 Å². The average Bonchev–Trinajstić information content (AvgIpc) is 2.43. The van der Waals surface area contributed by atoms with Crippen molar-refractivity contribution in [3.8, 4) is 11.8 Å². The molecular weight excluding hydrogens is 268 g/mol. The molecule has 0 fully saturated rings. The number of nitrogens with one attached hydrogen (secondary N) is 1. The third kappa shape index (κ3) is 6.83. The Hall–Kier alpha value is -1.97. The number of carbonyl (C=O) groups excluding carboxylic acids is 1. The Morgan fingerprint density at radius 3 is 2.65 bits per heavy atom. The molecule has 6 heteroatoms. The number of aliphatic hydroxyl groups excluding tert-OH is 1. The van der Waals surface area contributed by atoms with Gasteiger partial charge in [0.25, 0.3) is 6.43 Å². The summed E-state index contributed by atoms with van der Waals surface area (Å²) in [6, 6.07) is 6.73. The molecule has 0 unspecified atom stereocenters. The number of carbonyl (C=O) groups is 1. The van der Waals surface area contributed by atoms with Crippen LogP contribution in [0.2, 0.25) is 0 Å². The molecule has 0 bridgehead atoms. The molecule has 0 saturated carbocycles. The van der Waals surface area contributed by atoms with E-state index in [0.29, 0.717) is 5.69 Å². The molecule has 0 aliphatic rings. The highest BCUT2D eigenvalue weighted by molar-refractivity contribution is 5.90. The van der Waals surface area contributed by atoms with Gasteiger partial charge in [0, 0.05) is 11.3 Å². The minimum atomic E-state index is -2.52. The van der Waals surface area contributed by atoms with E-state index in [1.807, 2.05) is 0 Å². The number of aliphatic hydroxyl groups is 1. The second kappa shape index (κ2) is 9.02. The lowest BCUT2D eigenvalue weighted by molar-refractivity contribution is -0.117. The zero-order valence-corrected chi connectivity index (χ0v) is 10.7. The van der Waals surface area contributed by atoms with Crippen molar-refractivity contribution in [2.45, 2.75) is 12.8 Å². The number of halogens is 2. The Labute approximate surface area is 115 Å². The van der Waals surface area contributed by atoms with Gasteiger partial charge in [0.2, 0.25) is 5.91 Å². The Balaban J connectivity index is 2.34. The van der Waals surface area contributed by atoms with Gasteiger partial charge >= 0.3 is 0 Å². The zero-order chi connectivity index (χ0) is 14.8. The Morgan fingerprint density at radius 1 is 1.35 bits per heavy atom. The number of hydrogen-bond donors (Lipinski definition) is 2. The third-order valence-corrected chi connectivity index (χ3v) is 2.20. The van der Waals surface area contributed by atoms with Gasteiger partial charge in [0.1, 0.15) is 13.2 Å². The van der Waals surface area contributed by atoms with E-state index in [-0.39, 0.29) is 25.5 Å². The summed E-state index contributed by atoms with van der Waals surface area (Å²) in [7, 11) is 0. The molecule has 0 atom stereocenters. The first-order valence-electron chi connectivity index (χ1n) is 5.97. The van der Waals surface area contributed by atoms with Crippen LogP contribution in [-0.4, -0.2) is 37.3 Å². The standard InChI is InChI=1S/C14H15F2NO3/c15-13(16)10-20-9-7-14(19)17-12-5-3-11(4-6-12)2-1-8-18/h3-6,13,18H,7-10H2,(H,17,19). The van der Waals surface area contributed by atoms with Crippen molar-refractivity contribution < 1.29 is 23.4 Å². The predicted molar refractivity (Wildman–Crippen MR) is 70.5 cm³/mol. The highest BCUT2D eigenvalue weighted by Gasteiger charge is 2.05. The number of rotatable bonds is 6. The van der Waals surface area contributed by atoms with Gasteiger partial charge in [-0.05, 0) is 24.3 Å². The van der Waals surface area contributed by atoms with Crippen LogP contribution in [0, 0.1) is 11.8 Å². The van der Waals surface area contributed by atoms with E-state index in [0.717, 1.165) is 5.56 Å². The Morgan fingerprint density at radius 2 is 2.05 bits per heavy atom. The molecular formula is C14H15F2NO3. The number of ether oxygens (including phenoxy) is 1. The summed E-state index contributed by atoms with van der Waals surface area (Å²) in [5.41, 5.74) is 1.30. The summed E-state index contributed by atoms with van der Waals surface area (Å²) in [4.78, 5) is 11.5. The lowest BCUT2D eigenvalue weighted by atomic mass is 10.2. The molecule has 0 radical (unpaired) electrons. The maximum atomic E-state index is 11.8. The summed E-state index contributed by atoms with van der Waals surface area (Å²) >= 11 is 0. The molecule has 20 heavy (non-hydrogen) atoms. The average molecular weight is 283 g/mol. The maximum Gasteiger partial charge on any atom is 0.261 e. The number of hydrogen-bond acceptors (Lipinski definition) is 3. The monoisotopic (exact) mass is 283 g/mol. The lowest BCUT2D eigenvalue weighted by Crippen LogP contribution is -2.15. The molecule has 1 amide bonds. The van der Waals surface area contributed by atoms with E-state index in [9.17, 15) is 13.6 Å². The molecule has 0 aliphatic heterocycles. The second-order valence-corrected chi connectivity index (χ2v) is 3.80. The van der Waals surface area contributed by atoms with Crippen LogP contribution in [0.4, 0.5) is 14.5 Å². The molecule has 1 aromatic carbocycles. The Bertz CT molecular complexity index is 477. The van der Waals surface area contributed by atoms with Crippen molar-refractivity contribution in [3.05, 3.63) is 29.8 Å². The van der Waals surface area contributed by atoms with Crippen LogP contribution >= 0.6 is 0 Å². The molecule has 0 aliphatic carbocycles. The summed E-state index contributed by atoms with van der Waals surface area (Å²) in [6.45, 7) is -0.918. The van der Waals surface area contributed by atoms with Gasteiger partial charge in [-0.2, -0.15) is 0 Å². The summed E-state index contributed by atoms with van der Waals surface area (Å²) < 4.78 is 28.2. The van der Waals surface area contributed by atoms with Gasteiger partial charge in [-0.3, -0.25) is 4.79 Å². The van der Waals surface area contributed by atoms with Gasteiger partial charge in [-0.1, -0.05) is 11.8 Å². The van der Waals surface area contributed by atoms with Crippen LogP contribution in [0.3, 0.4) is 0 Å². The first-order chi connectivity index (χ1) is 9.61. The fourth-order valence-electron chi connectivity index (χ4n) is 1.34. The Kier molecular flexibility index (Phi) is 7.25. The number of amides is 1. The molecule has 0 saturated heterocycles. The third-order valence-electron chi connectivity index (χ3n) is 2.20. The van der Waals surface area contributed by atoms with Crippen LogP contribution in [-0.2, 0) is 9.53 Å². The molecule has 0 aromatic heterocycles. The first-order valence-corrected chi connectivity index (χ1v) is 5.97. The highest BCUT2D eigenvalue weighted by Crippen LogP contribution is 2.09. The van der Waals surface area contributed by atoms with Gasteiger partial charge in [-0.15, -0.1) is 0 Å². The van der Waals surface area contributed by atoms with Crippen LogP contribution in [0.1, 0.15) is 12.0 Å². The number of benzene rings is 1. The largest absolute Gasteiger partial charge is 0.384 e. The minimum absolute atomic E-state index is 0.0127. The summed E-state index contributed by atoms with van der Waals surface area (Å²) in [6.07, 6.45) is -2.51. The fourth-order valence-corrected chi connectivity index (χ4v) is 1.34. The van der Waals surface area contributed by atoms with E-state index in [1.165, 1.54) is 0 Å². The fraction of sp³-hybridized carbons (Fsp3) is 0.357. The predicted octanol–water partition coefficient (Wildman–Crippen LogP) is 1.64. The first kappa shape index (κ1) is 16.1. The van der Waals surface area contributed by atoms with Crippen molar-refractivity contribution in [1.29, 1.82) is 0 Å². The molecule has 108 valence electrons. The molecule has 1 rings (SSSR count). The van der Waals surface area contributed by atoms with Crippen LogP contribution in [0.15, 0.2) is 24.3 Å². The van der Waals surface area contributed by atoms with Crippen molar-refractivity contribution in [1.82, 2.24) is 0 Å². The van der Waals surface area contributed by atoms with Gasteiger partial charge in [0.15, 0.2) is 0 Å². The van der Waals surface area contributed by atoms with Crippen LogP contribution in [0.25, 0.3) is 0 Å². The summed E-state index contributed by atoms with van der Waals surface area (Å²) in [5, 5.41) is 11.2. The van der Waals surface area contributed by atoms with Gasteiger partial charge in [0.05, 0.1) is 13.0 Å². The normalized spacial score (nSPS) is 10.0. The van der Waals surface area contributed by atoms with Crippen molar-refractivity contribution >= 4 is 11.6 Å². The molecule has 0 heterocycles. The zero-order valence-electron chi connectivity index (χ0n) is 10.7. The number of alkyl halides is 2. The second-order valence-electron chi connectivity index (χ2n) is 3.80. The van der Waals surface area contributed by atoms with Gasteiger partial charge in [-0.25, -0.2) is 8.78 Å². The van der Waals surface area contributed by atoms with Crippen LogP contribution < -0.4 is 5.32 Å². The van der Waals surface area contributed by atoms with E-state index >= 15 is 0 Å². The van der Waals surface area contributed by atoms with E-state index in [4.69, 9.17) is 5.11 Å². The van der Waals surface area contributed by atoms with Crippen molar-refractivity contribution in [2.24, 2.45) is 0 Å². The van der Waals surface area contributed by atoms with Crippen molar-refractivity contribution in [2.75, 3.05) is 25.1 Å². The SMILES string of the molecule is O=C(CCOCC(F)F)Nc1ccc(C#CCO)cc1. The molecule has 1 aromatic rings. The molecule has 4 nitrogen and oxygen atoms in total. The lowest BCUT2D eigenvalue weighted by Gasteiger charge is -2.06. The minimum Gasteiger partial charge on any atom is -0.384 e. The van der Waals surface area contributed by atoms with E-state index in [2.05, 4.69) is 21.9 Å². The molecule has 0 spiro atoms. The van der Waals surface area contributed by atoms with Crippen LogP contribution in [0.5, 0.6) is 0 Å². The maximum absolute atomic E-state index is 11.8. The smallest absolute Gasteiger partial charge is 0.261 e. The van der Waals surface area contributed by atoms with Gasteiger partial charge < -0.3 is 15.2 Å². The van der Waals surface area contributed by atoms with Crippen molar-refractivity contribution in [3.63, 3.8) is 0 Å². The van der Waals surface area contributed by atoms with E-state index < -0.39 is 13.0 Å². The summed E-state index contributed by atoms with van der Waals surface area (Å²) in [5.74, 6) is 4.92. The highest BCUT2D eigenvalue weighted by atomic mass is 19.3. The topological polar surface area (TPSA) is 58.6 Å². The quantitative estimate of drug-likeness (QED) is 0.616. The molecule has 2 N–H and O–H groups in total. The number of anilines is 1.